The summed E-state index contributed by atoms with van der Waals surface area (Å²) >= 11 is 0. The molecule has 5 rings (SSSR count). The Morgan fingerprint density at radius 1 is 0.778 bits per heavy atom. The average molecular weight is 732 g/mol. The van der Waals surface area contributed by atoms with Gasteiger partial charge in [0, 0.05) is 18.3 Å². The van der Waals surface area contributed by atoms with E-state index in [0.717, 1.165) is 59.4 Å². The van der Waals surface area contributed by atoms with E-state index in [1.165, 1.54) is 15.7 Å². The summed E-state index contributed by atoms with van der Waals surface area (Å²) in [6.07, 6.45) is 13.6. The summed E-state index contributed by atoms with van der Waals surface area (Å²) in [4.78, 5) is 27.0. The molecule has 285 valence electrons. The molecule has 4 aromatic rings. The molecule has 8 heteroatoms. The summed E-state index contributed by atoms with van der Waals surface area (Å²) in [5, 5.41) is 0. The topological polar surface area (TPSA) is 80.9 Å². The molecule has 2 atom stereocenters. The predicted octanol–water partition coefficient (Wildman–Crippen LogP) is 9.26. The number of methoxy groups -OCH3 is 2. The predicted molar refractivity (Wildman–Crippen MR) is 216 cm³/mol. The highest BCUT2D eigenvalue weighted by Gasteiger charge is 2.40. The smallest absolute Gasteiger partial charge is 0.333 e. The van der Waals surface area contributed by atoms with Crippen molar-refractivity contribution in [2.45, 2.75) is 91.2 Å². The molecule has 0 N–H and O–H groups in total. The number of aromatic nitrogens is 2. The molecule has 1 aliphatic rings. The van der Waals surface area contributed by atoms with Crippen molar-refractivity contribution >= 4 is 0 Å². The van der Waals surface area contributed by atoms with Crippen molar-refractivity contribution in [1.29, 1.82) is 0 Å². The summed E-state index contributed by atoms with van der Waals surface area (Å²) in [5.41, 5.74) is 5.45. The van der Waals surface area contributed by atoms with Crippen molar-refractivity contribution in [3.8, 4) is 11.5 Å². The van der Waals surface area contributed by atoms with Gasteiger partial charge in [-0.1, -0.05) is 89.5 Å². The first kappa shape index (κ1) is 40.3. The summed E-state index contributed by atoms with van der Waals surface area (Å²) < 4.78 is 27.4. The zero-order valence-corrected chi connectivity index (χ0v) is 32.8. The van der Waals surface area contributed by atoms with Crippen LogP contribution >= 0.6 is 0 Å². The number of nitrogens with zero attached hydrogens (tertiary/aromatic N) is 2. The van der Waals surface area contributed by atoms with E-state index in [1.54, 1.807) is 31.9 Å². The largest absolute Gasteiger partial charge is 0.497 e. The van der Waals surface area contributed by atoms with Crippen LogP contribution < -0.4 is 20.7 Å². The summed E-state index contributed by atoms with van der Waals surface area (Å²) in [6, 6.07) is 25.9. The van der Waals surface area contributed by atoms with Gasteiger partial charge in [-0.2, -0.15) is 0 Å². The Balaban J connectivity index is 1.34. The van der Waals surface area contributed by atoms with Crippen molar-refractivity contribution < 1.29 is 18.9 Å². The van der Waals surface area contributed by atoms with Crippen molar-refractivity contribution in [2.75, 3.05) is 20.8 Å². The first-order chi connectivity index (χ1) is 26.0. The van der Waals surface area contributed by atoms with Crippen molar-refractivity contribution in [1.82, 2.24) is 9.13 Å². The Hall–Kier alpha value is -4.92. The number of benzene rings is 3. The maximum Gasteiger partial charge on any atom is 0.333 e. The van der Waals surface area contributed by atoms with E-state index in [1.807, 2.05) is 79.2 Å². The van der Waals surface area contributed by atoms with Gasteiger partial charge in [0.1, 0.15) is 23.3 Å². The summed E-state index contributed by atoms with van der Waals surface area (Å²) in [7, 11) is 3.30. The molecule has 54 heavy (non-hydrogen) atoms. The van der Waals surface area contributed by atoms with Gasteiger partial charge in [-0.25, -0.2) is 4.79 Å². The molecule has 0 amide bonds. The zero-order valence-electron chi connectivity index (χ0n) is 32.8. The highest BCUT2D eigenvalue weighted by molar-refractivity contribution is 5.49. The number of hydrogen-bond acceptors (Lipinski definition) is 6. The Labute approximate surface area is 320 Å². The molecule has 2 heterocycles. The average Bonchev–Trinajstić information content (AvgIpc) is 3.66. The molecule has 0 bridgehead atoms. The lowest BCUT2D eigenvalue weighted by atomic mass is 9.80. The maximum absolute atomic E-state index is 13.8. The minimum absolute atomic E-state index is 0.209. The van der Waals surface area contributed by atoms with Gasteiger partial charge in [0.2, 0.25) is 0 Å². The van der Waals surface area contributed by atoms with E-state index < -0.39 is 17.9 Å². The van der Waals surface area contributed by atoms with E-state index in [4.69, 9.17) is 18.9 Å². The van der Waals surface area contributed by atoms with Crippen LogP contribution in [0, 0.1) is 13.3 Å². The van der Waals surface area contributed by atoms with Crippen molar-refractivity contribution in [3.63, 3.8) is 0 Å². The Morgan fingerprint density at radius 3 is 1.91 bits per heavy atom. The van der Waals surface area contributed by atoms with Gasteiger partial charge in [-0.3, -0.25) is 13.9 Å². The molecule has 1 radical (unpaired) electrons. The standard InChI is InChI=1S/C46H55N2O6/c1-33(2)13-11-14-34(3)15-12-16-35(4)29-30-47-44(49)36(5)31-48(45(47)50)43-28-27-42(54-43)32-53-46(37-17-9-8-10-18-37,38-19-23-40(51-6)24-20-38)39-21-25-41(52-7)26-22-39/h8-10,13,15,17-27,29,31,42-43H,11-12,14,16,28,30,32H2,1-7H3/b34-15+,35-29+/t42-,43-/m1/s1. The second kappa shape index (κ2) is 18.9. The molecule has 0 aliphatic carbocycles. The van der Waals surface area contributed by atoms with E-state index >= 15 is 0 Å². The number of rotatable bonds is 17. The number of hydrogen-bond donors (Lipinski definition) is 0. The van der Waals surface area contributed by atoms with E-state index in [-0.39, 0.29) is 24.4 Å². The second-order valence-corrected chi connectivity index (χ2v) is 14.3. The first-order valence-electron chi connectivity index (χ1n) is 18.8. The molecule has 1 aromatic heterocycles. The quantitative estimate of drug-likeness (QED) is 0.0796. The minimum Gasteiger partial charge on any atom is -0.497 e. The van der Waals surface area contributed by atoms with Crippen LogP contribution in [0.2, 0.25) is 0 Å². The van der Waals surface area contributed by atoms with Crippen LogP contribution in [0.5, 0.6) is 11.5 Å². The van der Waals surface area contributed by atoms with Crippen LogP contribution in [0.25, 0.3) is 0 Å². The Morgan fingerprint density at radius 2 is 1.33 bits per heavy atom. The highest BCUT2D eigenvalue weighted by atomic mass is 16.6. The van der Waals surface area contributed by atoms with Crippen LogP contribution in [-0.4, -0.2) is 36.1 Å². The normalized spacial score (nSPS) is 16.4. The molecule has 0 saturated carbocycles. The zero-order chi connectivity index (χ0) is 38.7. The monoisotopic (exact) mass is 731 g/mol. The fourth-order valence-corrected chi connectivity index (χ4v) is 6.86. The third-order valence-corrected chi connectivity index (χ3v) is 9.99. The minimum atomic E-state index is -1.00. The lowest BCUT2D eigenvalue weighted by molar-refractivity contribution is -0.0724. The van der Waals surface area contributed by atoms with Crippen LogP contribution in [0.4, 0.5) is 0 Å². The van der Waals surface area contributed by atoms with Crippen LogP contribution in [0.1, 0.15) is 88.3 Å². The third-order valence-electron chi connectivity index (χ3n) is 9.99. The lowest BCUT2D eigenvalue weighted by Crippen LogP contribution is -2.42. The fourth-order valence-electron chi connectivity index (χ4n) is 6.86. The molecule has 0 spiro atoms. The van der Waals surface area contributed by atoms with Gasteiger partial charge in [0.05, 0.1) is 26.9 Å². The molecular formula is C46H55N2O6. The van der Waals surface area contributed by atoms with Gasteiger partial charge in [-0.15, -0.1) is 0 Å². The number of aryl methyl sites for hydroxylation is 1. The van der Waals surface area contributed by atoms with E-state index in [9.17, 15) is 9.59 Å². The van der Waals surface area contributed by atoms with Gasteiger partial charge < -0.3 is 18.9 Å². The van der Waals surface area contributed by atoms with Crippen LogP contribution in [-0.2, 0) is 21.6 Å². The van der Waals surface area contributed by atoms with Gasteiger partial charge >= 0.3 is 5.69 Å². The van der Waals surface area contributed by atoms with Gasteiger partial charge in [-0.05, 0) is 114 Å². The van der Waals surface area contributed by atoms with E-state index in [0.29, 0.717) is 12.0 Å². The lowest BCUT2D eigenvalue weighted by Gasteiger charge is -2.37. The summed E-state index contributed by atoms with van der Waals surface area (Å²) in [5.74, 6) is 1.49. The van der Waals surface area contributed by atoms with E-state index in [2.05, 4.69) is 52.0 Å². The SMILES string of the molecule is COc1ccc(C(OC[C@H]2[CH]C[C@H](n3cc(C)c(=O)n(C/C=C(\C)CC/C=C(\C)CCC=C(C)C)c3=O)O2)(c2ccccc2)c2ccc(OC)cc2)cc1. The molecular weight excluding hydrogens is 677 g/mol. The fraction of sp³-hybridized carbons (Fsp3) is 0.370. The first-order valence-corrected chi connectivity index (χ1v) is 18.8. The van der Waals surface area contributed by atoms with Crippen LogP contribution in [0.3, 0.4) is 0 Å². The second-order valence-electron chi connectivity index (χ2n) is 14.3. The maximum atomic E-state index is 13.8. The third kappa shape index (κ3) is 9.78. The Kier molecular flexibility index (Phi) is 14.1. The molecule has 1 saturated heterocycles. The Bertz CT molecular complexity index is 1990. The van der Waals surface area contributed by atoms with Crippen molar-refractivity contribution in [2.24, 2.45) is 0 Å². The molecule has 0 unspecified atom stereocenters. The molecule has 3 aromatic carbocycles. The molecule has 1 aliphatic heterocycles. The van der Waals surface area contributed by atoms with Crippen LogP contribution in [0.15, 0.2) is 130 Å². The van der Waals surface area contributed by atoms with Gasteiger partial charge in [0.15, 0.2) is 0 Å². The number of allylic oxidation sites excluding steroid dienone is 6. The molecule has 1 fully saturated rings. The highest BCUT2D eigenvalue weighted by Crippen LogP contribution is 2.42. The number of ether oxygens (including phenoxy) is 4. The molecule has 8 nitrogen and oxygen atoms in total. The van der Waals surface area contributed by atoms with Gasteiger partial charge in [0.25, 0.3) is 5.56 Å². The summed E-state index contributed by atoms with van der Waals surface area (Å²) in [6.45, 7) is 10.6. The van der Waals surface area contributed by atoms with Crippen molar-refractivity contribution in [3.05, 3.63) is 170 Å².